The number of nitriles is 1. The number of hydrogen-bond acceptors (Lipinski definition) is 2. The lowest BCUT2D eigenvalue weighted by Gasteiger charge is -2.05. The number of rotatable bonds is 4. The molecule has 18 heavy (non-hydrogen) atoms. The number of aromatic nitrogens is 1. The van der Waals surface area contributed by atoms with Crippen molar-refractivity contribution in [3.8, 4) is 6.07 Å². The van der Waals surface area contributed by atoms with E-state index in [0.29, 0.717) is 0 Å². The average Bonchev–Trinajstić information content (AvgIpc) is 2.42. The highest BCUT2D eigenvalue weighted by molar-refractivity contribution is 5.87. The smallest absolute Gasteiger partial charge is 0.218 e. The maximum Gasteiger partial charge on any atom is 0.218 e. The van der Waals surface area contributed by atoms with Gasteiger partial charge in [-0.3, -0.25) is 4.79 Å². The number of hydrogen-bond donors (Lipinski definition) is 0. The SMILES string of the molecule is N#CC(C(=O)C[n+]1ccccc1)c1ccccc1. The zero-order chi connectivity index (χ0) is 12.8. The van der Waals surface area contributed by atoms with Gasteiger partial charge in [0, 0.05) is 12.1 Å². The molecule has 1 aromatic heterocycles. The van der Waals surface area contributed by atoms with Crippen LogP contribution in [0.1, 0.15) is 11.5 Å². The minimum Gasteiger partial charge on any atom is -0.291 e. The van der Waals surface area contributed by atoms with Crippen LogP contribution in [0.25, 0.3) is 0 Å². The maximum absolute atomic E-state index is 12.1. The summed E-state index contributed by atoms with van der Waals surface area (Å²) < 4.78 is 1.77. The van der Waals surface area contributed by atoms with Crippen LogP contribution >= 0.6 is 0 Å². The summed E-state index contributed by atoms with van der Waals surface area (Å²) in [5, 5.41) is 9.15. The summed E-state index contributed by atoms with van der Waals surface area (Å²) in [4.78, 5) is 12.1. The van der Waals surface area contributed by atoms with Crippen LogP contribution in [0.15, 0.2) is 60.9 Å². The molecular weight excluding hydrogens is 224 g/mol. The Morgan fingerprint density at radius 2 is 1.72 bits per heavy atom. The fourth-order valence-corrected chi connectivity index (χ4v) is 1.79. The molecule has 88 valence electrons. The summed E-state index contributed by atoms with van der Waals surface area (Å²) >= 11 is 0. The van der Waals surface area contributed by atoms with Gasteiger partial charge in [0.2, 0.25) is 12.3 Å². The van der Waals surface area contributed by atoms with E-state index in [1.165, 1.54) is 0 Å². The van der Waals surface area contributed by atoms with Crippen LogP contribution in [-0.4, -0.2) is 5.78 Å². The molecule has 3 heteroatoms. The first kappa shape index (κ1) is 12.0. The van der Waals surface area contributed by atoms with Gasteiger partial charge in [0.15, 0.2) is 12.4 Å². The van der Waals surface area contributed by atoms with E-state index in [-0.39, 0.29) is 12.3 Å². The van der Waals surface area contributed by atoms with Crippen LogP contribution in [-0.2, 0) is 11.3 Å². The standard InChI is InChI=1S/C15H13N2O/c16-11-14(13-7-3-1-4-8-13)15(18)12-17-9-5-2-6-10-17/h1-10,14H,12H2/q+1. The largest absolute Gasteiger partial charge is 0.291 e. The van der Waals surface area contributed by atoms with Crippen molar-refractivity contribution in [1.29, 1.82) is 5.26 Å². The monoisotopic (exact) mass is 237 g/mol. The Bertz CT molecular complexity index is 558. The molecular formula is C15H13N2O+. The average molecular weight is 237 g/mol. The summed E-state index contributed by atoms with van der Waals surface area (Å²) in [6, 6.07) is 16.8. The van der Waals surface area contributed by atoms with Crippen molar-refractivity contribution >= 4 is 5.78 Å². The second-order valence-electron chi connectivity index (χ2n) is 3.99. The molecule has 1 aromatic carbocycles. The molecule has 0 saturated heterocycles. The van der Waals surface area contributed by atoms with E-state index in [0.717, 1.165) is 5.56 Å². The minimum atomic E-state index is -0.695. The number of ketones is 1. The summed E-state index contributed by atoms with van der Waals surface area (Å²) in [6.45, 7) is 0.216. The van der Waals surface area contributed by atoms with Gasteiger partial charge < -0.3 is 0 Å². The van der Waals surface area contributed by atoms with E-state index in [1.54, 1.807) is 16.7 Å². The predicted octanol–water partition coefficient (Wildman–Crippen LogP) is 1.85. The summed E-state index contributed by atoms with van der Waals surface area (Å²) in [6.07, 6.45) is 3.63. The molecule has 0 N–H and O–H groups in total. The van der Waals surface area contributed by atoms with Crippen molar-refractivity contribution in [1.82, 2.24) is 0 Å². The first-order chi connectivity index (χ1) is 8.81. The Kier molecular flexibility index (Phi) is 3.83. The van der Waals surface area contributed by atoms with Crippen LogP contribution < -0.4 is 4.57 Å². The molecule has 1 atom stereocenters. The molecule has 0 bridgehead atoms. The third-order valence-electron chi connectivity index (χ3n) is 2.70. The number of pyridine rings is 1. The quantitative estimate of drug-likeness (QED) is 0.762. The van der Waals surface area contributed by atoms with Crippen molar-refractivity contribution in [3.63, 3.8) is 0 Å². The molecule has 0 spiro atoms. The van der Waals surface area contributed by atoms with E-state index in [2.05, 4.69) is 6.07 Å². The summed E-state index contributed by atoms with van der Waals surface area (Å²) in [5.74, 6) is -0.793. The normalized spacial score (nSPS) is 11.5. The fraction of sp³-hybridized carbons (Fsp3) is 0.133. The first-order valence-corrected chi connectivity index (χ1v) is 5.72. The van der Waals surface area contributed by atoms with Crippen molar-refractivity contribution in [2.75, 3.05) is 0 Å². The Morgan fingerprint density at radius 3 is 2.33 bits per heavy atom. The summed E-state index contributed by atoms with van der Waals surface area (Å²) in [7, 11) is 0. The van der Waals surface area contributed by atoms with Crippen molar-refractivity contribution in [3.05, 3.63) is 66.5 Å². The third kappa shape index (κ3) is 2.80. The van der Waals surface area contributed by atoms with E-state index >= 15 is 0 Å². The van der Waals surface area contributed by atoms with Crippen LogP contribution in [0.3, 0.4) is 0 Å². The Labute approximate surface area is 106 Å². The maximum atomic E-state index is 12.1. The highest BCUT2D eigenvalue weighted by Gasteiger charge is 2.22. The van der Waals surface area contributed by atoms with Gasteiger partial charge in [-0.2, -0.15) is 9.83 Å². The summed E-state index contributed by atoms with van der Waals surface area (Å²) in [5.41, 5.74) is 0.751. The molecule has 0 aliphatic rings. The van der Waals surface area contributed by atoms with Crippen molar-refractivity contribution in [2.45, 2.75) is 12.5 Å². The van der Waals surface area contributed by atoms with Gasteiger partial charge >= 0.3 is 0 Å². The van der Waals surface area contributed by atoms with E-state index in [9.17, 15) is 4.79 Å². The molecule has 0 fully saturated rings. The highest BCUT2D eigenvalue weighted by atomic mass is 16.1. The first-order valence-electron chi connectivity index (χ1n) is 5.72. The Hall–Kier alpha value is -2.47. The molecule has 3 nitrogen and oxygen atoms in total. The van der Waals surface area contributed by atoms with Gasteiger partial charge in [0.05, 0.1) is 6.07 Å². The van der Waals surface area contributed by atoms with Gasteiger partial charge in [-0.15, -0.1) is 0 Å². The molecule has 0 radical (unpaired) electrons. The zero-order valence-electron chi connectivity index (χ0n) is 9.86. The number of nitrogens with zero attached hydrogens (tertiary/aromatic N) is 2. The van der Waals surface area contributed by atoms with E-state index in [4.69, 9.17) is 5.26 Å². The van der Waals surface area contributed by atoms with E-state index < -0.39 is 5.92 Å². The Balaban J connectivity index is 2.15. The minimum absolute atomic E-state index is 0.0973. The van der Waals surface area contributed by atoms with Crippen molar-refractivity contribution in [2.24, 2.45) is 0 Å². The predicted molar refractivity (Wildman–Crippen MR) is 66.4 cm³/mol. The molecule has 2 rings (SSSR count). The second kappa shape index (κ2) is 5.74. The molecule has 0 aliphatic carbocycles. The van der Waals surface area contributed by atoms with Crippen LogP contribution in [0, 0.1) is 11.3 Å². The lowest BCUT2D eigenvalue weighted by molar-refractivity contribution is -0.684. The van der Waals surface area contributed by atoms with Gasteiger partial charge in [0.25, 0.3) is 0 Å². The second-order valence-corrected chi connectivity index (χ2v) is 3.99. The topological polar surface area (TPSA) is 44.7 Å². The number of carbonyl (C=O) groups is 1. The highest BCUT2D eigenvalue weighted by Crippen LogP contribution is 2.15. The fourth-order valence-electron chi connectivity index (χ4n) is 1.79. The molecule has 0 aliphatic heterocycles. The van der Waals surface area contributed by atoms with Crippen molar-refractivity contribution < 1.29 is 9.36 Å². The number of carbonyl (C=O) groups excluding carboxylic acids is 1. The lowest BCUT2D eigenvalue weighted by atomic mass is 9.96. The zero-order valence-corrected chi connectivity index (χ0v) is 9.86. The molecule has 1 unspecified atom stereocenters. The van der Waals surface area contributed by atoms with E-state index in [1.807, 2.05) is 48.8 Å². The van der Waals surface area contributed by atoms with Crippen LogP contribution in [0.4, 0.5) is 0 Å². The molecule has 0 amide bonds. The number of benzene rings is 1. The third-order valence-corrected chi connectivity index (χ3v) is 2.70. The van der Waals surface area contributed by atoms with Gasteiger partial charge in [0.1, 0.15) is 5.92 Å². The molecule has 2 aromatic rings. The van der Waals surface area contributed by atoms with Gasteiger partial charge in [-0.25, -0.2) is 0 Å². The Morgan fingerprint density at radius 1 is 1.11 bits per heavy atom. The van der Waals surface area contributed by atoms with Crippen LogP contribution in [0.2, 0.25) is 0 Å². The van der Waals surface area contributed by atoms with Crippen LogP contribution in [0.5, 0.6) is 0 Å². The molecule has 1 heterocycles. The van der Waals surface area contributed by atoms with Gasteiger partial charge in [-0.1, -0.05) is 36.4 Å². The molecule has 0 saturated carbocycles. The lowest BCUT2D eigenvalue weighted by Crippen LogP contribution is -2.38. The number of Topliss-reactive ketones (excluding diaryl/α,β-unsaturated/α-hetero) is 1. The van der Waals surface area contributed by atoms with Gasteiger partial charge in [-0.05, 0) is 5.56 Å².